The molecule has 0 radical (unpaired) electrons. The molecule has 0 aliphatic carbocycles. The Morgan fingerprint density at radius 3 is 2.64 bits per heavy atom. The minimum atomic E-state index is -0.703. The molecule has 0 saturated carbocycles. The van der Waals surface area contributed by atoms with Gasteiger partial charge in [0.05, 0.1) is 12.2 Å². The van der Waals surface area contributed by atoms with Crippen LogP contribution in [0.25, 0.3) is 0 Å². The Bertz CT molecular complexity index is 137. The molecular weight excluding hydrogens is 211 g/mol. The maximum absolute atomic E-state index is 13.0. The highest BCUT2D eigenvalue weighted by Crippen LogP contribution is 2.35. The first-order valence-electron chi connectivity index (χ1n) is 4.21. The van der Waals surface area contributed by atoms with Gasteiger partial charge in [0.25, 0.3) is 0 Å². The van der Waals surface area contributed by atoms with Crippen LogP contribution in [0.4, 0.5) is 4.39 Å². The van der Waals surface area contributed by atoms with E-state index in [1.165, 1.54) is 0 Å². The van der Waals surface area contributed by atoms with E-state index in [9.17, 15) is 4.39 Å². The van der Waals surface area contributed by atoms with Gasteiger partial charge in [0.1, 0.15) is 6.17 Å². The first-order chi connectivity index (χ1) is 5.27. The summed E-state index contributed by atoms with van der Waals surface area (Å²) in [5, 5.41) is 0. The number of fused-ring (bicyclic) bond motifs is 2. The number of ether oxygens (including phenoxy) is 1. The van der Waals surface area contributed by atoms with Crippen molar-refractivity contribution in [1.29, 1.82) is 0 Å². The lowest BCUT2D eigenvalue weighted by molar-refractivity contribution is -0.115. The fourth-order valence-electron chi connectivity index (χ4n) is 1.91. The zero-order chi connectivity index (χ0) is 7.84. The second kappa shape index (κ2) is 3.02. The highest BCUT2D eigenvalue weighted by atomic mass is 79.9. The Morgan fingerprint density at radius 1 is 1.09 bits per heavy atom. The van der Waals surface area contributed by atoms with Crippen molar-refractivity contribution in [3.8, 4) is 0 Å². The largest absolute Gasteiger partial charge is 0.371 e. The molecule has 2 heterocycles. The van der Waals surface area contributed by atoms with Crippen molar-refractivity contribution in [2.24, 2.45) is 0 Å². The van der Waals surface area contributed by atoms with Gasteiger partial charge in [0.2, 0.25) is 0 Å². The first kappa shape index (κ1) is 7.99. The number of rotatable bonds is 0. The average molecular weight is 223 g/mol. The molecule has 2 saturated heterocycles. The van der Waals surface area contributed by atoms with Gasteiger partial charge in [-0.05, 0) is 25.7 Å². The third-order valence-corrected chi connectivity index (χ3v) is 3.66. The predicted octanol–water partition coefficient (Wildman–Crippen LogP) is 2.43. The number of halogens is 2. The summed E-state index contributed by atoms with van der Waals surface area (Å²) in [7, 11) is 0. The van der Waals surface area contributed by atoms with E-state index in [-0.39, 0.29) is 12.2 Å². The SMILES string of the molecule is F[C@@H]1CC[C@H]2O[C@@H]1CC[C@H]2Br. The highest BCUT2D eigenvalue weighted by Gasteiger charge is 2.38. The van der Waals surface area contributed by atoms with Gasteiger partial charge in [-0.1, -0.05) is 15.9 Å². The Balaban J connectivity index is 2.02. The molecule has 0 N–H and O–H groups in total. The van der Waals surface area contributed by atoms with Crippen molar-refractivity contribution in [2.45, 2.75) is 48.9 Å². The minimum absolute atomic E-state index is 0.0949. The Hall–Kier alpha value is 0.370. The maximum Gasteiger partial charge on any atom is 0.126 e. The van der Waals surface area contributed by atoms with Crippen LogP contribution in [0.3, 0.4) is 0 Å². The molecule has 3 heteroatoms. The molecule has 0 aromatic heterocycles. The van der Waals surface area contributed by atoms with Crippen LogP contribution in [0.15, 0.2) is 0 Å². The van der Waals surface area contributed by atoms with Gasteiger partial charge >= 0.3 is 0 Å². The summed E-state index contributed by atoms with van der Waals surface area (Å²) in [5.41, 5.74) is 0. The van der Waals surface area contributed by atoms with Gasteiger partial charge in [-0.3, -0.25) is 0 Å². The predicted molar refractivity (Wildman–Crippen MR) is 44.7 cm³/mol. The van der Waals surface area contributed by atoms with Crippen molar-refractivity contribution < 1.29 is 9.13 Å². The molecule has 0 spiro atoms. The molecule has 0 aromatic carbocycles. The molecule has 2 aliphatic heterocycles. The van der Waals surface area contributed by atoms with E-state index in [2.05, 4.69) is 15.9 Å². The molecule has 64 valence electrons. The minimum Gasteiger partial charge on any atom is -0.371 e. The van der Waals surface area contributed by atoms with Crippen LogP contribution in [0, 0.1) is 0 Å². The summed E-state index contributed by atoms with van der Waals surface area (Å²) in [6, 6.07) is 0. The van der Waals surface area contributed by atoms with Gasteiger partial charge in [-0.25, -0.2) is 4.39 Å². The van der Waals surface area contributed by atoms with Crippen LogP contribution in [-0.2, 0) is 4.74 Å². The molecular formula is C8H12BrFO. The molecule has 4 atom stereocenters. The van der Waals surface area contributed by atoms with E-state index in [1.807, 2.05) is 0 Å². The fraction of sp³-hybridized carbons (Fsp3) is 1.00. The molecule has 0 unspecified atom stereocenters. The van der Waals surface area contributed by atoms with E-state index >= 15 is 0 Å². The average Bonchev–Trinajstić information content (AvgIpc) is 2.02. The summed E-state index contributed by atoms with van der Waals surface area (Å²) in [5.74, 6) is 0. The number of alkyl halides is 2. The molecule has 2 aliphatic rings. The zero-order valence-corrected chi connectivity index (χ0v) is 7.89. The molecule has 0 amide bonds. The van der Waals surface area contributed by atoms with E-state index < -0.39 is 6.17 Å². The van der Waals surface area contributed by atoms with E-state index in [4.69, 9.17) is 4.74 Å². The standard InChI is InChI=1S/C8H12BrFO/c9-5-1-3-8-6(10)2-4-7(5)11-8/h5-8H,1-4H2/t5-,6-,7-,8-/m1/s1. The van der Waals surface area contributed by atoms with Crippen LogP contribution in [0.1, 0.15) is 25.7 Å². The van der Waals surface area contributed by atoms with E-state index in [0.717, 1.165) is 19.3 Å². The van der Waals surface area contributed by atoms with Gasteiger partial charge in [-0.2, -0.15) is 0 Å². The van der Waals surface area contributed by atoms with Crippen molar-refractivity contribution in [1.82, 2.24) is 0 Å². The van der Waals surface area contributed by atoms with Crippen LogP contribution in [-0.4, -0.2) is 23.2 Å². The van der Waals surface area contributed by atoms with Crippen LogP contribution < -0.4 is 0 Å². The van der Waals surface area contributed by atoms with Gasteiger partial charge < -0.3 is 4.74 Å². The quantitative estimate of drug-likeness (QED) is 0.573. The fourth-order valence-corrected chi connectivity index (χ4v) is 2.56. The maximum atomic E-state index is 13.0. The van der Waals surface area contributed by atoms with Gasteiger partial charge in [0.15, 0.2) is 0 Å². The lowest BCUT2D eigenvalue weighted by atomic mass is 9.91. The normalized spacial score (nSPS) is 50.7. The van der Waals surface area contributed by atoms with Crippen molar-refractivity contribution in [3.63, 3.8) is 0 Å². The topological polar surface area (TPSA) is 9.23 Å². The van der Waals surface area contributed by atoms with E-state index in [1.54, 1.807) is 0 Å². The van der Waals surface area contributed by atoms with Crippen LogP contribution >= 0.6 is 15.9 Å². The number of hydrogen-bond donors (Lipinski definition) is 0. The summed E-state index contributed by atoms with van der Waals surface area (Å²) in [4.78, 5) is 0.464. The van der Waals surface area contributed by atoms with Crippen molar-refractivity contribution in [2.75, 3.05) is 0 Å². The Kier molecular flexibility index (Phi) is 2.19. The lowest BCUT2D eigenvalue weighted by Crippen LogP contribution is -2.44. The Labute approximate surface area is 74.4 Å². The molecule has 2 rings (SSSR count). The zero-order valence-electron chi connectivity index (χ0n) is 6.30. The highest BCUT2D eigenvalue weighted by molar-refractivity contribution is 9.09. The summed E-state index contributed by atoms with van der Waals surface area (Å²) < 4.78 is 18.6. The molecule has 2 bridgehead atoms. The third kappa shape index (κ3) is 1.45. The monoisotopic (exact) mass is 222 g/mol. The first-order valence-corrected chi connectivity index (χ1v) is 5.12. The molecule has 1 nitrogen and oxygen atoms in total. The summed E-state index contributed by atoms with van der Waals surface area (Å²) in [6.07, 6.45) is 3.00. The lowest BCUT2D eigenvalue weighted by Gasteiger charge is -2.39. The van der Waals surface area contributed by atoms with E-state index in [0.29, 0.717) is 11.2 Å². The van der Waals surface area contributed by atoms with Gasteiger partial charge in [0, 0.05) is 4.83 Å². The van der Waals surface area contributed by atoms with Gasteiger partial charge in [-0.15, -0.1) is 0 Å². The molecule has 0 aromatic rings. The third-order valence-electron chi connectivity index (χ3n) is 2.61. The summed E-state index contributed by atoms with van der Waals surface area (Å²) in [6.45, 7) is 0. The smallest absolute Gasteiger partial charge is 0.126 e. The van der Waals surface area contributed by atoms with Crippen LogP contribution in [0.2, 0.25) is 0 Å². The number of hydrogen-bond acceptors (Lipinski definition) is 1. The molecule has 11 heavy (non-hydrogen) atoms. The Morgan fingerprint density at radius 2 is 1.82 bits per heavy atom. The second-order valence-electron chi connectivity index (χ2n) is 3.40. The molecule has 2 fully saturated rings. The van der Waals surface area contributed by atoms with Crippen LogP contribution in [0.5, 0.6) is 0 Å². The second-order valence-corrected chi connectivity index (χ2v) is 4.58. The summed E-state index contributed by atoms with van der Waals surface area (Å²) >= 11 is 3.55. The van der Waals surface area contributed by atoms with Crippen molar-refractivity contribution in [3.05, 3.63) is 0 Å². The van der Waals surface area contributed by atoms with Crippen molar-refractivity contribution >= 4 is 15.9 Å².